The molecule has 1 N–H and O–H groups in total. The van der Waals surface area contributed by atoms with Crippen LogP contribution in [0.3, 0.4) is 0 Å². The maximum atomic E-state index is 13.4. The first kappa shape index (κ1) is 18.0. The number of nitrogens with one attached hydrogen (secondary N) is 1. The number of nitrogens with zero attached hydrogens (tertiary/aromatic N) is 2. The molecular weight excluding hydrogens is 344 g/mol. The molecule has 5 heteroatoms. The van der Waals surface area contributed by atoms with Gasteiger partial charge in [-0.2, -0.15) is 5.10 Å². The predicted octanol–water partition coefficient (Wildman–Crippen LogP) is 5.84. The van der Waals surface area contributed by atoms with Gasteiger partial charge in [-0.25, -0.2) is 8.78 Å². The molecule has 0 radical (unpaired) electrons. The first-order valence-electron chi connectivity index (χ1n) is 9.54. The zero-order valence-electron chi connectivity index (χ0n) is 16.0. The molecule has 1 heterocycles. The lowest BCUT2D eigenvalue weighted by Gasteiger charge is -2.21. The third kappa shape index (κ3) is 2.81. The second-order valence-corrected chi connectivity index (χ2v) is 8.00. The number of fused-ring (bicyclic) bond motifs is 5. The van der Waals surface area contributed by atoms with E-state index in [9.17, 15) is 8.78 Å². The van der Waals surface area contributed by atoms with Gasteiger partial charge in [0, 0.05) is 18.9 Å². The molecule has 0 spiro atoms. The van der Waals surface area contributed by atoms with Crippen molar-refractivity contribution in [3.8, 4) is 0 Å². The molecule has 0 amide bonds. The molecule has 1 fully saturated rings. The molecule has 2 aliphatic carbocycles. The summed E-state index contributed by atoms with van der Waals surface area (Å²) in [4.78, 5) is 0. The van der Waals surface area contributed by atoms with E-state index in [0.717, 1.165) is 5.69 Å². The highest BCUT2D eigenvalue weighted by atomic mass is 19.3. The average molecular weight is 369 g/mol. The molecule has 142 valence electrons. The van der Waals surface area contributed by atoms with Crippen molar-refractivity contribution in [3.05, 3.63) is 59.1 Å². The molecular formula is C22H25F2N3. The summed E-state index contributed by atoms with van der Waals surface area (Å²) < 4.78 is 28.2. The van der Waals surface area contributed by atoms with Crippen LogP contribution in [-0.4, -0.2) is 9.78 Å². The quantitative estimate of drug-likeness (QED) is 0.671. The molecule has 4 rings (SSSR count). The lowest BCUT2D eigenvalue weighted by molar-refractivity contribution is 0.145. The highest BCUT2D eigenvalue weighted by Crippen LogP contribution is 2.61. The zero-order valence-corrected chi connectivity index (χ0v) is 16.0. The van der Waals surface area contributed by atoms with Crippen LogP contribution in [0.5, 0.6) is 0 Å². The highest BCUT2D eigenvalue weighted by Gasteiger charge is 2.47. The fourth-order valence-electron chi connectivity index (χ4n) is 5.28. The number of alkyl halides is 2. The van der Waals surface area contributed by atoms with E-state index in [1.54, 1.807) is 13.2 Å². The Morgan fingerprint density at radius 1 is 1.30 bits per heavy atom. The highest BCUT2D eigenvalue weighted by molar-refractivity contribution is 5.80. The van der Waals surface area contributed by atoms with Gasteiger partial charge in [0.2, 0.25) is 0 Å². The van der Waals surface area contributed by atoms with E-state index in [-0.39, 0.29) is 5.69 Å². The van der Waals surface area contributed by atoms with Gasteiger partial charge in [0.05, 0.1) is 11.3 Å². The van der Waals surface area contributed by atoms with Crippen LogP contribution in [0.25, 0.3) is 5.70 Å². The summed E-state index contributed by atoms with van der Waals surface area (Å²) in [6.07, 6.45) is 1.39. The van der Waals surface area contributed by atoms with Crippen LogP contribution in [0.4, 0.5) is 14.5 Å². The number of halogens is 2. The monoisotopic (exact) mass is 369 g/mol. The van der Waals surface area contributed by atoms with Gasteiger partial charge in [-0.3, -0.25) is 4.68 Å². The molecule has 2 bridgehead atoms. The van der Waals surface area contributed by atoms with Crippen molar-refractivity contribution >= 4 is 11.4 Å². The molecule has 3 unspecified atom stereocenters. The minimum absolute atomic E-state index is 0.245. The van der Waals surface area contributed by atoms with E-state index < -0.39 is 6.43 Å². The van der Waals surface area contributed by atoms with E-state index in [2.05, 4.69) is 48.7 Å². The van der Waals surface area contributed by atoms with Crippen molar-refractivity contribution < 1.29 is 8.78 Å². The maximum Gasteiger partial charge on any atom is 0.282 e. The number of aromatic nitrogens is 2. The minimum atomic E-state index is -2.64. The molecule has 2 aliphatic rings. The smallest absolute Gasteiger partial charge is 0.282 e. The van der Waals surface area contributed by atoms with Crippen molar-refractivity contribution in [1.82, 2.24) is 9.78 Å². The SMILES string of the molecule is C=C=C(Nc1cccc2c1C1CCC2C1C(C)C)c1cn(C)nc1C(F)F. The Labute approximate surface area is 158 Å². The van der Waals surface area contributed by atoms with Crippen molar-refractivity contribution in [2.24, 2.45) is 18.9 Å². The zero-order chi connectivity index (χ0) is 19.3. The van der Waals surface area contributed by atoms with Gasteiger partial charge >= 0.3 is 0 Å². The Bertz CT molecular complexity index is 922. The summed E-state index contributed by atoms with van der Waals surface area (Å²) >= 11 is 0. The summed E-state index contributed by atoms with van der Waals surface area (Å²) in [5.41, 5.74) is 7.13. The molecule has 3 nitrogen and oxygen atoms in total. The van der Waals surface area contributed by atoms with Gasteiger partial charge in [0.25, 0.3) is 6.43 Å². The van der Waals surface area contributed by atoms with Crippen LogP contribution < -0.4 is 5.32 Å². The van der Waals surface area contributed by atoms with E-state index in [0.29, 0.717) is 34.9 Å². The molecule has 1 aromatic carbocycles. The first-order valence-corrected chi connectivity index (χ1v) is 9.54. The van der Waals surface area contributed by atoms with Gasteiger partial charge in [-0.15, -0.1) is 5.73 Å². The third-order valence-corrected chi connectivity index (χ3v) is 6.17. The van der Waals surface area contributed by atoms with Gasteiger partial charge < -0.3 is 5.32 Å². The Morgan fingerprint density at radius 2 is 2.04 bits per heavy atom. The van der Waals surface area contributed by atoms with Crippen LogP contribution in [0, 0.1) is 11.8 Å². The van der Waals surface area contributed by atoms with E-state index >= 15 is 0 Å². The second kappa shape index (κ2) is 6.65. The Hall–Kier alpha value is -2.39. The number of benzene rings is 1. The molecule has 0 saturated heterocycles. The summed E-state index contributed by atoms with van der Waals surface area (Å²) in [6.45, 7) is 8.32. The summed E-state index contributed by atoms with van der Waals surface area (Å²) in [5.74, 6) is 2.43. The standard InChI is InChI=1S/C22H25F2N3/c1-5-17(16-11-27(4)26-21(16)22(23)24)25-18-8-6-7-13-14-9-10-15(20(13)18)19(14)12(2)3/h6-8,11-12,14-15,19,22,25H,1,9-10H2,2-4H3. The predicted molar refractivity (Wildman–Crippen MR) is 104 cm³/mol. The lowest BCUT2D eigenvalue weighted by atomic mass is 9.85. The fourth-order valence-corrected chi connectivity index (χ4v) is 5.28. The van der Waals surface area contributed by atoms with E-state index in [1.807, 2.05) is 6.07 Å². The van der Waals surface area contributed by atoms with Gasteiger partial charge in [0.15, 0.2) is 0 Å². The van der Waals surface area contributed by atoms with Crippen molar-refractivity contribution in [3.63, 3.8) is 0 Å². The van der Waals surface area contributed by atoms with Crippen molar-refractivity contribution in [2.45, 2.75) is 45.0 Å². The normalized spacial score (nSPS) is 23.0. The number of aryl methyl sites for hydroxylation is 1. The Morgan fingerprint density at radius 3 is 2.70 bits per heavy atom. The van der Waals surface area contributed by atoms with Crippen LogP contribution in [0.1, 0.15) is 67.3 Å². The molecule has 2 aromatic rings. The summed E-state index contributed by atoms with van der Waals surface area (Å²) in [5, 5.41) is 7.26. The lowest BCUT2D eigenvalue weighted by Crippen LogP contribution is -2.11. The molecule has 1 saturated carbocycles. The van der Waals surface area contributed by atoms with Gasteiger partial charge in [0.1, 0.15) is 5.69 Å². The first-order chi connectivity index (χ1) is 12.9. The summed E-state index contributed by atoms with van der Waals surface area (Å²) in [6, 6.07) is 6.32. The van der Waals surface area contributed by atoms with Crippen LogP contribution in [-0.2, 0) is 7.05 Å². The fraction of sp³-hybridized carbons (Fsp3) is 0.455. The van der Waals surface area contributed by atoms with E-state index in [4.69, 9.17) is 0 Å². The van der Waals surface area contributed by atoms with Crippen LogP contribution in [0.15, 0.2) is 36.7 Å². The van der Waals surface area contributed by atoms with Crippen molar-refractivity contribution in [1.29, 1.82) is 0 Å². The van der Waals surface area contributed by atoms with Crippen molar-refractivity contribution in [2.75, 3.05) is 5.32 Å². The van der Waals surface area contributed by atoms with Gasteiger partial charge in [-0.05, 0) is 53.7 Å². The average Bonchev–Trinajstić information content (AvgIpc) is 3.31. The van der Waals surface area contributed by atoms with Crippen LogP contribution in [0.2, 0.25) is 0 Å². The summed E-state index contributed by atoms with van der Waals surface area (Å²) in [7, 11) is 1.64. The number of hydrogen-bond donors (Lipinski definition) is 1. The number of hydrogen-bond acceptors (Lipinski definition) is 2. The van der Waals surface area contributed by atoms with Crippen LogP contribution >= 0.6 is 0 Å². The topological polar surface area (TPSA) is 29.9 Å². The number of rotatable bonds is 5. The molecule has 27 heavy (non-hydrogen) atoms. The molecule has 3 atom stereocenters. The minimum Gasteiger partial charge on any atom is -0.348 e. The third-order valence-electron chi connectivity index (χ3n) is 6.17. The Kier molecular flexibility index (Phi) is 4.43. The Balaban J connectivity index is 1.73. The second-order valence-electron chi connectivity index (χ2n) is 8.00. The molecule has 1 aromatic heterocycles. The number of anilines is 1. The molecule has 0 aliphatic heterocycles. The van der Waals surface area contributed by atoms with E-state index in [1.165, 1.54) is 28.7 Å². The largest absolute Gasteiger partial charge is 0.348 e. The maximum absolute atomic E-state index is 13.4. The van der Waals surface area contributed by atoms with Gasteiger partial charge in [-0.1, -0.05) is 32.6 Å².